The van der Waals surface area contributed by atoms with E-state index in [0.717, 1.165) is 0 Å². The second kappa shape index (κ2) is 6.26. The summed E-state index contributed by atoms with van der Waals surface area (Å²) in [7, 11) is 1.29. The van der Waals surface area contributed by atoms with E-state index < -0.39 is 5.97 Å². The average molecular weight is 288 g/mol. The Balaban J connectivity index is 2.54. The van der Waals surface area contributed by atoms with E-state index >= 15 is 0 Å². The Morgan fingerprint density at radius 2 is 1.86 bits per heavy atom. The van der Waals surface area contributed by atoms with E-state index in [9.17, 15) is 9.18 Å². The minimum atomic E-state index is -0.515. The van der Waals surface area contributed by atoms with Gasteiger partial charge in [-0.2, -0.15) is 0 Å². The highest BCUT2D eigenvalue weighted by atomic mass is 19.1. The molecule has 0 unspecified atom stereocenters. The first-order chi connectivity index (χ1) is 10.1. The van der Waals surface area contributed by atoms with Gasteiger partial charge < -0.3 is 15.4 Å². The highest BCUT2D eigenvalue weighted by molar-refractivity contribution is 5.99. The van der Waals surface area contributed by atoms with Crippen LogP contribution in [-0.2, 0) is 4.74 Å². The standard InChI is InChI=1S/C16H17FN2O2/c1-3-19(13-9-5-4-8-12(13)17)14-10-6-7-11(15(14)18)16(20)21-2/h4-10H,3,18H2,1-2H3. The number of nitrogens with zero attached hydrogens (tertiary/aromatic N) is 1. The summed E-state index contributed by atoms with van der Waals surface area (Å²) < 4.78 is 18.7. The van der Waals surface area contributed by atoms with Gasteiger partial charge in [0.1, 0.15) is 5.82 Å². The molecule has 2 aromatic carbocycles. The van der Waals surface area contributed by atoms with Crippen LogP contribution in [0.4, 0.5) is 21.5 Å². The zero-order valence-corrected chi connectivity index (χ0v) is 12.0. The molecule has 0 radical (unpaired) electrons. The molecule has 2 rings (SSSR count). The summed E-state index contributed by atoms with van der Waals surface area (Å²) >= 11 is 0. The molecule has 0 amide bonds. The second-order valence-corrected chi connectivity index (χ2v) is 4.43. The van der Waals surface area contributed by atoms with Crippen LogP contribution in [0.3, 0.4) is 0 Å². The lowest BCUT2D eigenvalue weighted by atomic mass is 10.1. The number of methoxy groups -OCH3 is 1. The van der Waals surface area contributed by atoms with Crippen LogP contribution in [0.15, 0.2) is 42.5 Å². The van der Waals surface area contributed by atoms with Gasteiger partial charge in [-0.3, -0.25) is 0 Å². The van der Waals surface area contributed by atoms with Gasteiger partial charge in [0.2, 0.25) is 0 Å². The van der Waals surface area contributed by atoms with Crippen molar-refractivity contribution in [3.8, 4) is 0 Å². The zero-order chi connectivity index (χ0) is 15.4. The molecule has 0 spiro atoms. The van der Waals surface area contributed by atoms with Crippen molar-refractivity contribution in [1.82, 2.24) is 0 Å². The molecular weight excluding hydrogens is 271 g/mol. The molecule has 2 N–H and O–H groups in total. The third kappa shape index (κ3) is 2.81. The van der Waals surface area contributed by atoms with Crippen LogP contribution in [-0.4, -0.2) is 19.6 Å². The summed E-state index contributed by atoms with van der Waals surface area (Å²) in [5, 5.41) is 0. The van der Waals surface area contributed by atoms with Crippen LogP contribution in [0, 0.1) is 5.82 Å². The average Bonchev–Trinajstić information content (AvgIpc) is 2.50. The number of ether oxygens (including phenoxy) is 1. The van der Waals surface area contributed by atoms with Gasteiger partial charge in [0.05, 0.1) is 29.7 Å². The van der Waals surface area contributed by atoms with E-state index in [-0.39, 0.29) is 17.1 Å². The maximum atomic E-state index is 14.0. The molecule has 0 heterocycles. The fraction of sp³-hybridized carbons (Fsp3) is 0.188. The number of esters is 1. The summed E-state index contributed by atoms with van der Waals surface area (Å²) in [5.41, 5.74) is 7.59. The van der Waals surface area contributed by atoms with Crippen LogP contribution < -0.4 is 10.6 Å². The fourth-order valence-corrected chi connectivity index (χ4v) is 2.22. The molecule has 0 fully saturated rings. The second-order valence-electron chi connectivity index (χ2n) is 4.43. The molecule has 21 heavy (non-hydrogen) atoms. The van der Waals surface area contributed by atoms with E-state index in [1.54, 1.807) is 41.3 Å². The zero-order valence-electron chi connectivity index (χ0n) is 12.0. The Labute approximate surface area is 122 Å². The number of halogens is 1. The van der Waals surface area contributed by atoms with Gasteiger partial charge in [0.25, 0.3) is 0 Å². The molecule has 0 aliphatic carbocycles. The minimum Gasteiger partial charge on any atom is -0.465 e. The van der Waals surface area contributed by atoms with Crippen LogP contribution in [0.25, 0.3) is 0 Å². The summed E-state index contributed by atoms with van der Waals surface area (Å²) in [6, 6.07) is 11.5. The Hall–Kier alpha value is -2.56. The lowest BCUT2D eigenvalue weighted by Gasteiger charge is -2.25. The molecule has 5 heteroatoms. The van der Waals surface area contributed by atoms with Gasteiger partial charge in [-0.1, -0.05) is 18.2 Å². The van der Waals surface area contributed by atoms with Crippen molar-refractivity contribution in [3.63, 3.8) is 0 Å². The first-order valence-electron chi connectivity index (χ1n) is 6.59. The predicted molar refractivity (Wildman–Crippen MR) is 81.3 cm³/mol. The van der Waals surface area contributed by atoms with E-state index in [0.29, 0.717) is 17.9 Å². The van der Waals surface area contributed by atoms with Crippen LogP contribution in [0.1, 0.15) is 17.3 Å². The summed E-state index contributed by atoms with van der Waals surface area (Å²) in [6.07, 6.45) is 0. The fourth-order valence-electron chi connectivity index (χ4n) is 2.22. The number of benzene rings is 2. The van der Waals surface area contributed by atoms with E-state index in [1.165, 1.54) is 13.2 Å². The van der Waals surface area contributed by atoms with Gasteiger partial charge in [0, 0.05) is 6.54 Å². The molecule has 0 bridgehead atoms. The molecule has 0 aliphatic rings. The number of para-hydroxylation sites is 2. The Bertz CT molecular complexity index is 658. The van der Waals surface area contributed by atoms with Crippen LogP contribution >= 0.6 is 0 Å². The highest BCUT2D eigenvalue weighted by Gasteiger charge is 2.18. The molecule has 0 saturated heterocycles. The van der Waals surface area contributed by atoms with Crippen molar-refractivity contribution in [1.29, 1.82) is 0 Å². The largest absolute Gasteiger partial charge is 0.465 e. The summed E-state index contributed by atoms with van der Waals surface area (Å²) in [5.74, 6) is -0.860. The number of hydrogen-bond acceptors (Lipinski definition) is 4. The quantitative estimate of drug-likeness (QED) is 0.692. The highest BCUT2D eigenvalue weighted by Crippen LogP contribution is 2.33. The van der Waals surface area contributed by atoms with Crippen LogP contribution in [0.5, 0.6) is 0 Å². The molecule has 0 aliphatic heterocycles. The summed E-state index contributed by atoms with van der Waals surface area (Å²) in [6.45, 7) is 2.40. The topological polar surface area (TPSA) is 55.6 Å². The van der Waals surface area contributed by atoms with Crippen molar-refractivity contribution in [2.24, 2.45) is 0 Å². The van der Waals surface area contributed by atoms with Crippen molar-refractivity contribution < 1.29 is 13.9 Å². The first kappa shape index (κ1) is 14.8. The Kier molecular flexibility index (Phi) is 4.42. The number of carbonyl (C=O) groups is 1. The molecule has 2 aromatic rings. The predicted octanol–water partition coefficient (Wildman–Crippen LogP) is 3.35. The summed E-state index contributed by atoms with van der Waals surface area (Å²) in [4.78, 5) is 13.4. The lowest BCUT2D eigenvalue weighted by Crippen LogP contribution is -2.20. The van der Waals surface area contributed by atoms with Crippen LogP contribution in [0.2, 0.25) is 0 Å². The maximum absolute atomic E-state index is 14.0. The van der Waals surface area contributed by atoms with Gasteiger partial charge in [-0.05, 0) is 31.2 Å². The third-order valence-corrected chi connectivity index (χ3v) is 3.24. The minimum absolute atomic E-state index is 0.268. The molecule has 0 atom stereocenters. The van der Waals surface area contributed by atoms with Crippen molar-refractivity contribution in [2.75, 3.05) is 24.3 Å². The number of rotatable bonds is 4. The molecule has 0 saturated carbocycles. The van der Waals surface area contributed by atoms with Crippen molar-refractivity contribution in [2.45, 2.75) is 6.92 Å². The third-order valence-electron chi connectivity index (χ3n) is 3.24. The van der Waals surface area contributed by atoms with Gasteiger partial charge >= 0.3 is 5.97 Å². The lowest BCUT2D eigenvalue weighted by molar-refractivity contribution is 0.0602. The molecule has 4 nitrogen and oxygen atoms in total. The molecule has 110 valence electrons. The van der Waals surface area contributed by atoms with E-state index in [1.807, 2.05) is 6.92 Å². The van der Waals surface area contributed by atoms with Gasteiger partial charge in [-0.25, -0.2) is 9.18 Å². The van der Waals surface area contributed by atoms with E-state index in [2.05, 4.69) is 0 Å². The van der Waals surface area contributed by atoms with Gasteiger partial charge in [0.15, 0.2) is 0 Å². The van der Waals surface area contributed by atoms with Gasteiger partial charge in [-0.15, -0.1) is 0 Å². The normalized spacial score (nSPS) is 10.2. The monoisotopic (exact) mass is 288 g/mol. The molecule has 0 aromatic heterocycles. The molecular formula is C16H17FN2O2. The van der Waals surface area contributed by atoms with Crippen molar-refractivity contribution >= 4 is 23.0 Å². The Morgan fingerprint density at radius 1 is 1.19 bits per heavy atom. The SMILES string of the molecule is CCN(c1ccccc1F)c1cccc(C(=O)OC)c1N. The number of anilines is 3. The maximum Gasteiger partial charge on any atom is 0.340 e. The smallest absolute Gasteiger partial charge is 0.340 e. The number of hydrogen-bond donors (Lipinski definition) is 1. The van der Waals surface area contributed by atoms with E-state index in [4.69, 9.17) is 10.5 Å². The number of nitrogen functional groups attached to an aromatic ring is 1. The first-order valence-corrected chi connectivity index (χ1v) is 6.59. The van der Waals surface area contributed by atoms with Crippen molar-refractivity contribution in [3.05, 3.63) is 53.8 Å². The number of nitrogens with two attached hydrogens (primary N) is 1. The number of carbonyl (C=O) groups excluding carboxylic acids is 1. The Morgan fingerprint density at radius 3 is 2.48 bits per heavy atom.